The van der Waals surface area contributed by atoms with Gasteiger partial charge in [-0.15, -0.1) is 0 Å². The van der Waals surface area contributed by atoms with Crippen molar-refractivity contribution in [3.8, 4) is 0 Å². The third kappa shape index (κ3) is 1.59. The molecule has 1 rings (SSSR count). The number of rotatable bonds is 3. The van der Waals surface area contributed by atoms with E-state index in [2.05, 4.69) is 9.47 Å². The maximum absolute atomic E-state index is 10.9. The number of hydrogen-bond acceptors (Lipinski definition) is 4. The molecule has 3 N–H and O–H groups in total. The van der Waals surface area contributed by atoms with Gasteiger partial charge >= 0.3 is 0 Å². The van der Waals surface area contributed by atoms with Gasteiger partial charge in [-0.05, 0) is 0 Å². The number of aliphatic hydroxyl groups is 1. The quantitative estimate of drug-likeness (QED) is 0.554. The number of nitrogens with two attached hydrogens (primary N) is 1. The smallest absolute Gasteiger partial charge is 0.177 e. The molecule has 0 bridgehead atoms. The van der Waals surface area contributed by atoms with Gasteiger partial charge in [-0.2, -0.15) is 0 Å². The molecule has 0 aromatic carbocycles. The Hall–Kier alpha value is -0.0200. The van der Waals surface area contributed by atoms with Crippen LogP contribution in [0.2, 0.25) is 0 Å². The Morgan fingerprint density at radius 2 is 2.36 bits per heavy atom. The van der Waals surface area contributed by atoms with E-state index in [4.69, 9.17) is 10.3 Å². The summed E-state index contributed by atoms with van der Waals surface area (Å²) in [5.41, 5.74) is 3.90. The summed E-state index contributed by atoms with van der Waals surface area (Å²) in [4.78, 5) is 10.9. The average molecular weight is 177 g/mol. The molecular weight excluding hydrogens is 165 g/mol. The lowest BCUT2D eigenvalue weighted by Gasteiger charge is -2.40. The lowest BCUT2D eigenvalue weighted by Crippen LogP contribution is -2.55. The van der Waals surface area contributed by atoms with Crippen molar-refractivity contribution in [3.63, 3.8) is 0 Å². The van der Waals surface area contributed by atoms with E-state index < -0.39 is 5.60 Å². The molecule has 1 fully saturated rings. The predicted molar refractivity (Wildman–Crippen MR) is 42.8 cm³/mol. The van der Waals surface area contributed by atoms with Crippen molar-refractivity contribution >= 4 is 15.2 Å². The van der Waals surface area contributed by atoms with E-state index in [0.717, 1.165) is 0 Å². The molecule has 1 atom stereocenters. The molecule has 4 nitrogen and oxygen atoms in total. The summed E-state index contributed by atoms with van der Waals surface area (Å²) in [5, 5.41) is 9.46. The van der Waals surface area contributed by atoms with E-state index in [1.165, 1.54) is 0 Å². The Labute approximate surface area is 67.4 Å². The van der Waals surface area contributed by atoms with Crippen LogP contribution in [0.25, 0.3) is 0 Å². The van der Waals surface area contributed by atoms with Gasteiger partial charge in [0.1, 0.15) is 5.60 Å². The lowest BCUT2D eigenvalue weighted by atomic mass is 9.75. The van der Waals surface area contributed by atoms with Crippen LogP contribution in [0.4, 0.5) is 0 Å². The van der Waals surface area contributed by atoms with Crippen LogP contribution in [-0.2, 0) is 9.32 Å². The first-order valence-electron chi connectivity index (χ1n) is 3.43. The molecular formula is C6H12NO3P. The van der Waals surface area contributed by atoms with Gasteiger partial charge in [-0.1, -0.05) is 0 Å². The second-order valence-corrected chi connectivity index (χ2v) is 3.10. The van der Waals surface area contributed by atoms with E-state index in [1.807, 2.05) is 0 Å². The Bertz CT molecular complexity index is 167. The van der Waals surface area contributed by atoms with E-state index in [-0.39, 0.29) is 18.4 Å². The van der Waals surface area contributed by atoms with Crippen molar-refractivity contribution in [2.24, 2.45) is 5.73 Å². The van der Waals surface area contributed by atoms with Gasteiger partial charge in [-0.3, -0.25) is 4.79 Å². The molecule has 0 spiro atoms. The first kappa shape index (κ1) is 9.07. The second kappa shape index (κ2) is 3.15. The van der Waals surface area contributed by atoms with E-state index in [9.17, 15) is 9.90 Å². The molecule has 1 unspecified atom stereocenters. The van der Waals surface area contributed by atoms with E-state index in [1.54, 1.807) is 0 Å². The van der Waals surface area contributed by atoms with Crippen LogP contribution in [0.1, 0.15) is 12.8 Å². The maximum atomic E-state index is 10.9. The molecule has 1 saturated carbocycles. The zero-order valence-electron chi connectivity index (χ0n) is 6.12. The highest BCUT2D eigenvalue weighted by Crippen LogP contribution is 2.35. The molecule has 1 aliphatic rings. The van der Waals surface area contributed by atoms with Crippen LogP contribution in [0.5, 0.6) is 0 Å². The first-order chi connectivity index (χ1) is 5.12. The molecule has 0 radical (unpaired) electrons. The van der Waals surface area contributed by atoms with Gasteiger partial charge < -0.3 is 15.4 Å². The van der Waals surface area contributed by atoms with Gasteiger partial charge in [-0.25, -0.2) is 0 Å². The molecule has 0 amide bonds. The van der Waals surface area contributed by atoms with Gasteiger partial charge in [0, 0.05) is 22.3 Å². The molecule has 11 heavy (non-hydrogen) atoms. The minimum Gasteiger partial charge on any atom is -0.382 e. The monoisotopic (exact) mass is 177 g/mol. The second-order valence-electron chi connectivity index (χ2n) is 2.83. The Balaban J connectivity index is 2.42. The Kier molecular flexibility index (Phi) is 2.60. The van der Waals surface area contributed by atoms with E-state index >= 15 is 0 Å². The first-order valence-corrected chi connectivity index (χ1v) is 3.91. The van der Waals surface area contributed by atoms with Crippen molar-refractivity contribution in [2.75, 3.05) is 6.54 Å². The number of hydrogen-bond donors (Lipinski definition) is 2. The van der Waals surface area contributed by atoms with Gasteiger partial charge in [0.15, 0.2) is 5.78 Å². The minimum absolute atomic E-state index is 0.0134. The van der Waals surface area contributed by atoms with Crippen LogP contribution < -0.4 is 5.73 Å². The van der Waals surface area contributed by atoms with Crippen molar-refractivity contribution in [1.29, 1.82) is 0 Å². The zero-order valence-corrected chi connectivity index (χ0v) is 7.27. The number of ketones is 1. The molecule has 0 heterocycles. The molecule has 1 aliphatic carbocycles. The summed E-state index contributed by atoms with van der Waals surface area (Å²) in [6.45, 7) is -0.0971. The highest BCUT2D eigenvalue weighted by molar-refractivity contribution is 7.09. The predicted octanol–water partition coefficient (Wildman–Crippen LogP) is -0.786. The van der Waals surface area contributed by atoms with Crippen molar-refractivity contribution < 1.29 is 14.4 Å². The Morgan fingerprint density at radius 1 is 1.82 bits per heavy atom. The van der Waals surface area contributed by atoms with Crippen LogP contribution in [0.3, 0.4) is 0 Å². The van der Waals surface area contributed by atoms with E-state index in [0.29, 0.717) is 12.8 Å². The maximum Gasteiger partial charge on any atom is 0.177 e. The van der Waals surface area contributed by atoms with Crippen molar-refractivity contribution in [3.05, 3.63) is 0 Å². The zero-order chi connectivity index (χ0) is 8.48. The van der Waals surface area contributed by atoms with Gasteiger partial charge in [0.25, 0.3) is 0 Å². The highest BCUT2D eigenvalue weighted by atomic mass is 31.0. The summed E-state index contributed by atoms with van der Waals surface area (Å²) in [6.07, 6.45) is 0.722. The number of carbonyl (C=O) groups excluding carboxylic acids is 1. The minimum atomic E-state index is -1.20. The Morgan fingerprint density at radius 3 is 2.73 bits per heavy atom. The molecule has 5 heteroatoms. The van der Waals surface area contributed by atoms with Gasteiger partial charge in [0.2, 0.25) is 0 Å². The van der Waals surface area contributed by atoms with Crippen LogP contribution in [0.15, 0.2) is 0 Å². The van der Waals surface area contributed by atoms with Crippen LogP contribution in [0, 0.1) is 0 Å². The highest BCUT2D eigenvalue weighted by Gasteiger charge is 2.47. The van der Waals surface area contributed by atoms with Crippen molar-refractivity contribution in [2.45, 2.75) is 24.5 Å². The largest absolute Gasteiger partial charge is 0.382 e. The average Bonchev–Trinajstić information content (AvgIpc) is 1.96. The topological polar surface area (TPSA) is 72.6 Å². The molecule has 0 saturated heterocycles. The summed E-state index contributed by atoms with van der Waals surface area (Å²) in [7, 11) is 2.11. The molecule has 64 valence electrons. The standard InChI is InChI=1S/C6H12NO3P/c7-3-5(8)6(9)1-4(2-6)10-11/h4,9H,1-3,7,11H2. The summed E-state index contributed by atoms with van der Waals surface area (Å²) in [6, 6.07) is 0. The molecule has 0 aromatic heterocycles. The fourth-order valence-corrected chi connectivity index (χ4v) is 1.40. The summed E-state index contributed by atoms with van der Waals surface area (Å²) >= 11 is 0. The fraction of sp³-hybridized carbons (Fsp3) is 0.833. The lowest BCUT2D eigenvalue weighted by molar-refractivity contribution is -0.155. The molecule has 0 aliphatic heterocycles. The normalized spacial score (nSPS) is 36.5. The summed E-state index contributed by atoms with van der Waals surface area (Å²) in [5.74, 6) is -0.296. The van der Waals surface area contributed by atoms with Crippen LogP contribution in [-0.4, -0.2) is 29.1 Å². The third-order valence-electron chi connectivity index (χ3n) is 2.03. The van der Waals surface area contributed by atoms with Crippen molar-refractivity contribution in [1.82, 2.24) is 0 Å². The number of carbonyl (C=O) groups is 1. The third-order valence-corrected chi connectivity index (χ3v) is 2.41. The van der Waals surface area contributed by atoms with Gasteiger partial charge in [0.05, 0.1) is 12.6 Å². The number of Topliss-reactive ketones (excluding diaryl/α,β-unsaturated/α-hetero) is 1. The fourth-order valence-electron chi connectivity index (χ4n) is 1.21. The van der Waals surface area contributed by atoms with Crippen LogP contribution >= 0.6 is 9.47 Å². The molecule has 0 aromatic rings. The summed E-state index contributed by atoms with van der Waals surface area (Å²) < 4.78 is 4.84. The SMILES string of the molecule is NCC(=O)C1(O)CC(OP)C1.